The lowest BCUT2D eigenvalue weighted by atomic mass is 10.1. The van der Waals surface area contributed by atoms with Crippen molar-refractivity contribution in [2.45, 2.75) is 6.18 Å². The molecular weight excluding hydrogens is 271 g/mol. The van der Waals surface area contributed by atoms with Crippen molar-refractivity contribution in [1.82, 2.24) is 0 Å². The summed E-state index contributed by atoms with van der Waals surface area (Å²) in [7, 11) is 1.52. The average molecular weight is 287 g/mol. The molecule has 0 atom stereocenters. The number of anilines is 1. The molecule has 0 heterocycles. The number of hydrogen-bond donors (Lipinski definition) is 0. The van der Waals surface area contributed by atoms with E-state index in [0.717, 1.165) is 6.07 Å². The van der Waals surface area contributed by atoms with Crippen LogP contribution in [0.1, 0.15) is 15.9 Å². The second-order valence-electron chi connectivity index (χ2n) is 4.11. The Hall–Kier alpha value is -1.82. The van der Waals surface area contributed by atoms with Gasteiger partial charge in [-0.3, -0.25) is 4.79 Å². The second kappa shape index (κ2) is 7.09. The molecule has 0 bridgehead atoms. The summed E-state index contributed by atoms with van der Waals surface area (Å²) in [5, 5.41) is 0. The highest BCUT2D eigenvalue weighted by atomic mass is 19.4. The molecule has 0 saturated carbocycles. The van der Waals surface area contributed by atoms with Gasteiger partial charge in [0.25, 0.3) is 0 Å². The lowest BCUT2D eigenvalue weighted by molar-refractivity contribution is -0.137. The van der Waals surface area contributed by atoms with E-state index in [4.69, 9.17) is 4.74 Å². The van der Waals surface area contributed by atoms with Crippen LogP contribution in [0.4, 0.5) is 18.9 Å². The molecule has 0 aliphatic rings. The molecule has 0 fully saturated rings. The first-order valence-electron chi connectivity index (χ1n) is 5.95. The van der Waals surface area contributed by atoms with E-state index >= 15 is 0 Å². The molecule has 1 aromatic carbocycles. The summed E-state index contributed by atoms with van der Waals surface area (Å²) in [5.41, 5.74) is -0.928. The Labute approximate surface area is 115 Å². The number of carbonyl (C=O) groups excluding carboxylic acids is 1. The van der Waals surface area contributed by atoms with Crippen LogP contribution in [-0.4, -0.2) is 33.1 Å². The Morgan fingerprint density at radius 1 is 1.40 bits per heavy atom. The van der Waals surface area contributed by atoms with Gasteiger partial charge in [-0.25, -0.2) is 0 Å². The number of alkyl halides is 3. The zero-order valence-corrected chi connectivity index (χ0v) is 11.1. The number of carbonyl (C=O) groups is 1. The number of halogens is 3. The highest BCUT2D eigenvalue weighted by Gasteiger charge is 2.33. The largest absolute Gasteiger partial charge is 0.417 e. The van der Waals surface area contributed by atoms with Gasteiger partial charge in [0.15, 0.2) is 6.29 Å². The smallest absolute Gasteiger partial charge is 0.383 e. The van der Waals surface area contributed by atoms with Gasteiger partial charge in [0.1, 0.15) is 0 Å². The summed E-state index contributed by atoms with van der Waals surface area (Å²) in [6.45, 7) is 4.78. The second-order valence-corrected chi connectivity index (χ2v) is 4.11. The Kier molecular flexibility index (Phi) is 5.76. The fourth-order valence-electron chi connectivity index (χ4n) is 1.77. The molecule has 3 nitrogen and oxygen atoms in total. The van der Waals surface area contributed by atoms with Gasteiger partial charge in [-0.2, -0.15) is 13.2 Å². The third-order valence-electron chi connectivity index (χ3n) is 2.75. The van der Waals surface area contributed by atoms with Crippen molar-refractivity contribution in [3.05, 3.63) is 42.0 Å². The molecule has 0 radical (unpaired) electrons. The number of methoxy groups -OCH3 is 1. The van der Waals surface area contributed by atoms with Crippen LogP contribution in [0, 0.1) is 0 Å². The van der Waals surface area contributed by atoms with Gasteiger partial charge < -0.3 is 9.64 Å². The number of aldehydes is 1. The zero-order valence-electron chi connectivity index (χ0n) is 11.1. The molecule has 0 amide bonds. The van der Waals surface area contributed by atoms with Crippen LogP contribution < -0.4 is 4.90 Å². The highest BCUT2D eigenvalue weighted by molar-refractivity contribution is 5.79. The topological polar surface area (TPSA) is 29.5 Å². The van der Waals surface area contributed by atoms with Crippen molar-refractivity contribution in [1.29, 1.82) is 0 Å². The van der Waals surface area contributed by atoms with Crippen molar-refractivity contribution >= 4 is 12.0 Å². The summed E-state index contributed by atoms with van der Waals surface area (Å²) in [6.07, 6.45) is -2.76. The van der Waals surface area contributed by atoms with E-state index in [9.17, 15) is 18.0 Å². The van der Waals surface area contributed by atoms with E-state index in [1.165, 1.54) is 19.2 Å². The fourth-order valence-corrected chi connectivity index (χ4v) is 1.77. The molecular formula is C14H16F3NO2. The Morgan fingerprint density at radius 3 is 2.60 bits per heavy atom. The first-order valence-corrected chi connectivity index (χ1v) is 5.95. The maximum Gasteiger partial charge on any atom is 0.417 e. The first kappa shape index (κ1) is 16.2. The van der Waals surface area contributed by atoms with Crippen molar-refractivity contribution in [2.75, 3.05) is 31.7 Å². The summed E-state index contributed by atoms with van der Waals surface area (Å²) >= 11 is 0. The van der Waals surface area contributed by atoms with Gasteiger partial charge in [0.05, 0.1) is 12.2 Å². The number of hydrogen-bond acceptors (Lipinski definition) is 3. The van der Waals surface area contributed by atoms with Gasteiger partial charge >= 0.3 is 6.18 Å². The maximum atomic E-state index is 12.9. The van der Waals surface area contributed by atoms with E-state index < -0.39 is 11.7 Å². The molecule has 0 unspecified atom stereocenters. The molecule has 20 heavy (non-hydrogen) atoms. The average Bonchev–Trinajstić information content (AvgIpc) is 2.42. The third kappa shape index (κ3) is 4.09. The van der Waals surface area contributed by atoms with Crippen LogP contribution in [0.3, 0.4) is 0 Å². The maximum absolute atomic E-state index is 12.9. The van der Waals surface area contributed by atoms with Crippen LogP contribution in [0.25, 0.3) is 0 Å². The fraction of sp³-hybridized carbons (Fsp3) is 0.357. The van der Waals surface area contributed by atoms with Crippen molar-refractivity contribution in [3.8, 4) is 0 Å². The van der Waals surface area contributed by atoms with E-state index in [2.05, 4.69) is 6.58 Å². The van der Waals surface area contributed by atoms with E-state index in [1.54, 1.807) is 11.0 Å². The molecule has 0 aromatic heterocycles. The molecule has 0 N–H and O–H groups in total. The molecule has 6 heteroatoms. The van der Waals surface area contributed by atoms with Crippen LogP contribution in [0.2, 0.25) is 0 Å². The minimum absolute atomic E-state index is 0.208. The Bertz CT molecular complexity index is 472. The van der Waals surface area contributed by atoms with Crippen molar-refractivity contribution < 1.29 is 22.7 Å². The van der Waals surface area contributed by atoms with Gasteiger partial charge in [-0.05, 0) is 18.2 Å². The van der Waals surface area contributed by atoms with Gasteiger partial charge in [0, 0.05) is 31.5 Å². The van der Waals surface area contributed by atoms with Crippen molar-refractivity contribution in [3.63, 3.8) is 0 Å². The third-order valence-corrected chi connectivity index (χ3v) is 2.75. The molecule has 0 spiro atoms. The summed E-state index contributed by atoms with van der Waals surface area (Å²) in [4.78, 5) is 12.4. The van der Waals surface area contributed by atoms with Crippen LogP contribution in [0.5, 0.6) is 0 Å². The number of benzene rings is 1. The van der Waals surface area contributed by atoms with E-state index in [1.807, 2.05) is 0 Å². The molecule has 1 rings (SSSR count). The number of ether oxygens (including phenoxy) is 1. The minimum Gasteiger partial charge on any atom is -0.383 e. The van der Waals surface area contributed by atoms with Gasteiger partial charge in [-0.15, -0.1) is 6.58 Å². The summed E-state index contributed by atoms with van der Waals surface area (Å²) in [5.74, 6) is 0. The highest BCUT2D eigenvalue weighted by Crippen LogP contribution is 2.34. The zero-order chi connectivity index (χ0) is 15.2. The van der Waals surface area contributed by atoms with Gasteiger partial charge in [0.2, 0.25) is 0 Å². The normalized spacial score (nSPS) is 11.2. The lowest BCUT2D eigenvalue weighted by Crippen LogP contribution is -2.27. The number of nitrogens with zero attached hydrogens (tertiary/aromatic N) is 1. The lowest BCUT2D eigenvalue weighted by Gasteiger charge is -2.24. The first-order chi connectivity index (χ1) is 9.43. The summed E-state index contributed by atoms with van der Waals surface area (Å²) < 4.78 is 43.6. The van der Waals surface area contributed by atoms with Crippen LogP contribution in [0.15, 0.2) is 30.9 Å². The minimum atomic E-state index is -4.56. The number of rotatable bonds is 7. The predicted octanol–water partition coefficient (Wildman–Crippen LogP) is 3.16. The standard InChI is InChI=1S/C14H16F3NO2/c1-3-6-18(7-8-20-2)12-5-4-11(10-19)13(9-12)14(15,16)17/h3-5,9-10H,1,6-8H2,2H3. The molecule has 1 aromatic rings. The summed E-state index contributed by atoms with van der Waals surface area (Å²) in [6, 6.07) is 3.63. The molecule has 0 aliphatic carbocycles. The molecule has 0 saturated heterocycles. The molecule has 110 valence electrons. The SMILES string of the molecule is C=CCN(CCOC)c1ccc(C=O)c(C(F)(F)F)c1. The Balaban J connectivity index is 3.16. The van der Waals surface area contributed by atoms with E-state index in [0.29, 0.717) is 25.4 Å². The van der Waals surface area contributed by atoms with Crippen molar-refractivity contribution in [2.24, 2.45) is 0 Å². The van der Waals surface area contributed by atoms with Crippen LogP contribution in [-0.2, 0) is 10.9 Å². The molecule has 0 aliphatic heterocycles. The predicted molar refractivity (Wildman–Crippen MR) is 71.1 cm³/mol. The quantitative estimate of drug-likeness (QED) is 0.570. The van der Waals surface area contributed by atoms with Crippen LogP contribution >= 0.6 is 0 Å². The van der Waals surface area contributed by atoms with Gasteiger partial charge in [-0.1, -0.05) is 6.08 Å². The Morgan fingerprint density at radius 2 is 2.10 bits per heavy atom. The van der Waals surface area contributed by atoms with E-state index in [-0.39, 0.29) is 11.8 Å². The monoisotopic (exact) mass is 287 g/mol.